The van der Waals surface area contributed by atoms with Gasteiger partial charge in [0.15, 0.2) is 0 Å². The van der Waals surface area contributed by atoms with Gasteiger partial charge in [-0.1, -0.05) is 44.2 Å². The number of hydrogen-bond acceptors (Lipinski definition) is 6. The number of ether oxygens (including phenoxy) is 3. The zero-order valence-electron chi connectivity index (χ0n) is 19.5. The van der Waals surface area contributed by atoms with Gasteiger partial charge < -0.3 is 14.2 Å². The standard InChI is InChI=1S/C25H35NO6/c1-17(2)14-15-21(27)26(22-24(29)32-25(3,4)31-22)20(16-18-10-6-5-7-11-18)23(28)30-19-12-8-9-13-19/h5-7,10-11,17,19-20,22H,8-9,12-16H2,1-4H3/t20-,22-/m0/s1. The summed E-state index contributed by atoms with van der Waals surface area (Å²) >= 11 is 0. The Morgan fingerprint density at radius 2 is 1.81 bits per heavy atom. The topological polar surface area (TPSA) is 82.1 Å². The minimum Gasteiger partial charge on any atom is -0.461 e. The summed E-state index contributed by atoms with van der Waals surface area (Å²) in [5.41, 5.74) is 0.869. The summed E-state index contributed by atoms with van der Waals surface area (Å²) in [6, 6.07) is 8.45. The van der Waals surface area contributed by atoms with Crippen LogP contribution in [0.25, 0.3) is 0 Å². The highest BCUT2D eigenvalue weighted by atomic mass is 16.8. The third kappa shape index (κ3) is 6.31. The maximum absolute atomic E-state index is 13.4. The molecule has 176 valence electrons. The van der Waals surface area contributed by atoms with E-state index in [2.05, 4.69) is 0 Å². The molecule has 1 heterocycles. The lowest BCUT2D eigenvalue weighted by Crippen LogP contribution is -2.55. The molecule has 1 aromatic carbocycles. The average molecular weight is 446 g/mol. The zero-order chi connectivity index (χ0) is 23.3. The lowest BCUT2D eigenvalue weighted by atomic mass is 10.0. The van der Waals surface area contributed by atoms with Gasteiger partial charge in [-0.2, -0.15) is 0 Å². The van der Waals surface area contributed by atoms with Gasteiger partial charge in [-0.25, -0.2) is 9.59 Å². The number of benzene rings is 1. The predicted molar refractivity (Wildman–Crippen MR) is 118 cm³/mol. The summed E-state index contributed by atoms with van der Waals surface area (Å²) in [6.45, 7) is 7.28. The number of hydrogen-bond donors (Lipinski definition) is 0. The van der Waals surface area contributed by atoms with Crippen LogP contribution in [0.3, 0.4) is 0 Å². The zero-order valence-corrected chi connectivity index (χ0v) is 19.5. The minimum atomic E-state index is -1.28. The van der Waals surface area contributed by atoms with E-state index in [0.717, 1.165) is 31.2 Å². The largest absolute Gasteiger partial charge is 0.461 e. The third-order valence-corrected chi connectivity index (χ3v) is 5.88. The molecule has 2 atom stereocenters. The van der Waals surface area contributed by atoms with Crippen molar-refractivity contribution in [3.05, 3.63) is 35.9 Å². The minimum absolute atomic E-state index is 0.152. The van der Waals surface area contributed by atoms with Gasteiger partial charge in [-0.05, 0) is 43.6 Å². The first-order chi connectivity index (χ1) is 15.2. The van der Waals surface area contributed by atoms with Crippen LogP contribution in [0, 0.1) is 5.92 Å². The highest BCUT2D eigenvalue weighted by Crippen LogP contribution is 2.30. The molecule has 1 aliphatic heterocycles. The van der Waals surface area contributed by atoms with Gasteiger partial charge in [0.05, 0.1) is 0 Å². The summed E-state index contributed by atoms with van der Waals surface area (Å²) in [4.78, 5) is 40.8. The maximum Gasteiger partial charge on any atom is 0.359 e. The summed E-state index contributed by atoms with van der Waals surface area (Å²) < 4.78 is 16.9. The molecule has 0 aromatic heterocycles. The number of carbonyl (C=O) groups excluding carboxylic acids is 3. The summed E-state index contributed by atoms with van der Waals surface area (Å²) in [5, 5.41) is 0. The van der Waals surface area contributed by atoms with Gasteiger partial charge in [0.25, 0.3) is 0 Å². The Labute approximate surface area is 190 Å². The molecule has 0 unspecified atom stereocenters. The molecule has 1 aromatic rings. The van der Waals surface area contributed by atoms with Gasteiger partial charge in [0.2, 0.25) is 17.9 Å². The number of nitrogens with zero attached hydrogens (tertiary/aromatic N) is 1. The fourth-order valence-electron chi connectivity index (χ4n) is 4.19. The van der Waals surface area contributed by atoms with E-state index in [9.17, 15) is 14.4 Å². The van der Waals surface area contributed by atoms with E-state index in [1.165, 1.54) is 4.90 Å². The van der Waals surface area contributed by atoms with Crippen molar-refractivity contribution in [2.75, 3.05) is 0 Å². The van der Waals surface area contributed by atoms with Crippen molar-refractivity contribution in [1.82, 2.24) is 4.90 Å². The van der Waals surface area contributed by atoms with Crippen LogP contribution in [0.2, 0.25) is 0 Å². The molecule has 2 fully saturated rings. The van der Waals surface area contributed by atoms with Crippen molar-refractivity contribution >= 4 is 17.8 Å². The van der Waals surface area contributed by atoms with Crippen molar-refractivity contribution in [3.8, 4) is 0 Å². The van der Waals surface area contributed by atoms with Crippen LogP contribution in [0.1, 0.15) is 71.8 Å². The number of rotatable bonds is 9. The van der Waals surface area contributed by atoms with Gasteiger partial charge in [0.1, 0.15) is 12.1 Å². The van der Waals surface area contributed by atoms with Crippen molar-refractivity contribution in [2.45, 2.75) is 96.8 Å². The quantitative estimate of drug-likeness (QED) is 0.535. The molecule has 0 radical (unpaired) electrons. The Morgan fingerprint density at radius 3 is 2.38 bits per heavy atom. The van der Waals surface area contributed by atoms with E-state index in [1.54, 1.807) is 13.8 Å². The summed E-state index contributed by atoms with van der Waals surface area (Å²) in [7, 11) is 0. The van der Waals surface area contributed by atoms with E-state index in [0.29, 0.717) is 12.3 Å². The molecule has 0 bridgehead atoms. The normalized spacial score (nSPS) is 21.4. The number of carbonyl (C=O) groups is 3. The van der Waals surface area contributed by atoms with Crippen LogP contribution < -0.4 is 0 Å². The first-order valence-corrected chi connectivity index (χ1v) is 11.6. The molecule has 1 amide bonds. The van der Waals surface area contributed by atoms with E-state index >= 15 is 0 Å². The predicted octanol–water partition coefficient (Wildman–Crippen LogP) is 3.98. The van der Waals surface area contributed by atoms with Crippen molar-refractivity contribution in [3.63, 3.8) is 0 Å². The maximum atomic E-state index is 13.4. The van der Waals surface area contributed by atoms with E-state index in [1.807, 2.05) is 44.2 Å². The smallest absolute Gasteiger partial charge is 0.359 e. The first-order valence-electron chi connectivity index (χ1n) is 11.6. The van der Waals surface area contributed by atoms with Crippen molar-refractivity contribution in [2.24, 2.45) is 5.92 Å². The number of esters is 2. The monoisotopic (exact) mass is 445 g/mol. The molecule has 7 heteroatoms. The molecule has 2 aliphatic rings. The number of cyclic esters (lactones) is 1. The van der Waals surface area contributed by atoms with E-state index in [-0.39, 0.29) is 24.9 Å². The SMILES string of the molecule is CC(C)CCC(=O)N([C@@H](Cc1ccccc1)C(=O)OC1CCCC1)[C@H]1OC(C)(C)OC1=O. The fourth-order valence-corrected chi connectivity index (χ4v) is 4.19. The number of amides is 1. The Morgan fingerprint density at radius 1 is 1.16 bits per heavy atom. The molecule has 0 spiro atoms. The van der Waals surface area contributed by atoms with E-state index < -0.39 is 30.0 Å². The molecule has 1 saturated carbocycles. The molecule has 3 rings (SSSR count). The average Bonchev–Trinajstić information content (AvgIpc) is 3.33. The van der Waals surface area contributed by atoms with Crippen molar-refractivity contribution in [1.29, 1.82) is 0 Å². The molecule has 7 nitrogen and oxygen atoms in total. The van der Waals surface area contributed by atoms with Gasteiger partial charge >= 0.3 is 11.9 Å². The van der Waals surface area contributed by atoms with Gasteiger partial charge in [0, 0.05) is 26.7 Å². The molecule has 1 saturated heterocycles. The third-order valence-electron chi connectivity index (χ3n) is 5.88. The molecular formula is C25H35NO6. The fraction of sp³-hybridized carbons (Fsp3) is 0.640. The first kappa shape index (κ1) is 24.2. The van der Waals surface area contributed by atoms with Crippen molar-refractivity contribution < 1.29 is 28.6 Å². The summed E-state index contributed by atoms with van der Waals surface area (Å²) in [6.07, 6.45) is 3.31. The highest BCUT2D eigenvalue weighted by Gasteiger charge is 2.49. The van der Waals surface area contributed by atoms with Crippen LogP contribution in [0.15, 0.2) is 30.3 Å². The molecule has 1 aliphatic carbocycles. The summed E-state index contributed by atoms with van der Waals surface area (Å²) in [5.74, 6) is -2.36. The molecule has 32 heavy (non-hydrogen) atoms. The van der Waals surface area contributed by atoms with E-state index in [4.69, 9.17) is 14.2 Å². The molecular weight excluding hydrogens is 410 g/mol. The van der Waals surface area contributed by atoms with Crippen LogP contribution >= 0.6 is 0 Å². The Bertz CT molecular complexity index is 800. The second-order valence-corrected chi connectivity index (χ2v) is 9.57. The lowest BCUT2D eigenvalue weighted by molar-refractivity contribution is -0.183. The Balaban J connectivity index is 1.93. The Hall–Kier alpha value is -2.41. The van der Waals surface area contributed by atoms with Crippen LogP contribution in [0.4, 0.5) is 0 Å². The van der Waals surface area contributed by atoms with Crippen LogP contribution in [0.5, 0.6) is 0 Å². The second-order valence-electron chi connectivity index (χ2n) is 9.57. The Kier molecular flexibility index (Phi) is 7.93. The van der Waals surface area contributed by atoms with Crippen LogP contribution in [-0.2, 0) is 35.0 Å². The van der Waals surface area contributed by atoms with Gasteiger partial charge in [-0.15, -0.1) is 0 Å². The van der Waals surface area contributed by atoms with Crippen LogP contribution in [-0.4, -0.2) is 46.9 Å². The molecule has 0 N–H and O–H groups in total. The lowest BCUT2D eigenvalue weighted by Gasteiger charge is -2.34. The second kappa shape index (κ2) is 10.5. The highest BCUT2D eigenvalue weighted by molar-refractivity contribution is 5.89. The van der Waals surface area contributed by atoms with Gasteiger partial charge in [-0.3, -0.25) is 9.69 Å².